The molecule has 0 spiro atoms. The molecule has 0 N–H and O–H groups in total. The number of hydrazone groups is 1. The summed E-state index contributed by atoms with van der Waals surface area (Å²) in [6.45, 7) is 5.40. The lowest BCUT2D eigenvalue weighted by Gasteiger charge is -2.26. The van der Waals surface area contributed by atoms with E-state index in [1.165, 1.54) is 47.4 Å². The van der Waals surface area contributed by atoms with E-state index in [9.17, 15) is 0 Å². The summed E-state index contributed by atoms with van der Waals surface area (Å²) in [5, 5.41) is 7.09. The molecule has 0 atom stereocenters. The lowest BCUT2D eigenvalue weighted by Crippen LogP contribution is -2.26. The number of rotatable bonds is 5. The van der Waals surface area contributed by atoms with E-state index in [0.717, 1.165) is 19.4 Å². The van der Waals surface area contributed by atoms with E-state index >= 15 is 0 Å². The van der Waals surface area contributed by atoms with Crippen molar-refractivity contribution in [2.75, 3.05) is 11.6 Å². The Morgan fingerprint density at radius 2 is 1.83 bits per heavy atom. The molecule has 1 aliphatic rings. The van der Waals surface area contributed by atoms with E-state index in [1.54, 1.807) is 0 Å². The monoisotopic (exact) mass is 306 g/mol. The maximum atomic E-state index is 4.92. The molecule has 0 unspecified atom stereocenters. The quantitative estimate of drug-likeness (QED) is 0.728. The molecular formula is C21H26N2. The van der Waals surface area contributed by atoms with E-state index in [-0.39, 0.29) is 0 Å². The highest BCUT2D eigenvalue weighted by Crippen LogP contribution is 2.24. The Hall–Kier alpha value is -2.09. The first kappa shape index (κ1) is 15.8. The number of hydrogen-bond donors (Lipinski definition) is 0. The number of benzene rings is 2. The smallest absolute Gasteiger partial charge is 0.0682 e. The average Bonchev–Trinajstić information content (AvgIpc) is 2.61. The van der Waals surface area contributed by atoms with E-state index < -0.39 is 0 Å². The normalized spacial score (nSPS) is 14.7. The van der Waals surface area contributed by atoms with Gasteiger partial charge in [-0.05, 0) is 55.4 Å². The first-order valence-corrected chi connectivity index (χ1v) is 8.78. The van der Waals surface area contributed by atoms with Gasteiger partial charge in [0.25, 0.3) is 0 Å². The number of para-hydroxylation sites is 1. The van der Waals surface area contributed by atoms with Crippen molar-refractivity contribution in [3.8, 4) is 0 Å². The molecule has 3 rings (SSSR count). The van der Waals surface area contributed by atoms with E-state index in [1.807, 2.05) is 0 Å². The third-order valence-corrected chi connectivity index (χ3v) is 4.52. The van der Waals surface area contributed by atoms with E-state index in [0.29, 0.717) is 0 Å². The SMILES string of the molecule is CCCCc1ccc(C2=NN(c3ccccc3C)CCC2)cc1. The summed E-state index contributed by atoms with van der Waals surface area (Å²) < 4.78 is 0. The van der Waals surface area contributed by atoms with Gasteiger partial charge in [-0.2, -0.15) is 5.10 Å². The maximum absolute atomic E-state index is 4.92. The molecule has 0 amide bonds. The van der Waals surface area contributed by atoms with Crippen molar-refractivity contribution in [3.05, 3.63) is 65.2 Å². The Balaban J connectivity index is 1.80. The number of hydrogen-bond acceptors (Lipinski definition) is 2. The molecule has 1 aliphatic heterocycles. The number of nitrogens with zero attached hydrogens (tertiary/aromatic N) is 2. The van der Waals surface area contributed by atoms with Gasteiger partial charge in [-0.15, -0.1) is 0 Å². The van der Waals surface area contributed by atoms with Crippen LogP contribution < -0.4 is 5.01 Å². The molecule has 0 aromatic heterocycles. The Morgan fingerprint density at radius 3 is 2.57 bits per heavy atom. The highest BCUT2D eigenvalue weighted by molar-refractivity contribution is 6.01. The Morgan fingerprint density at radius 1 is 1.04 bits per heavy atom. The molecule has 0 radical (unpaired) electrons. The Bertz CT molecular complexity index is 670. The van der Waals surface area contributed by atoms with E-state index in [4.69, 9.17) is 5.10 Å². The molecule has 0 bridgehead atoms. The van der Waals surface area contributed by atoms with E-state index in [2.05, 4.69) is 67.4 Å². The predicted octanol–water partition coefficient (Wildman–Crippen LogP) is 5.34. The minimum absolute atomic E-state index is 1.00. The fourth-order valence-corrected chi connectivity index (χ4v) is 3.12. The van der Waals surface area contributed by atoms with Crippen LogP contribution in [0.4, 0.5) is 5.69 Å². The van der Waals surface area contributed by atoms with Crippen molar-refractivity contribution >= 4 is 11.4 Å². The lowest BCUT2D eigenvalue weighted by atomic mass is 10.0. The fourth-order valence-electron chi connectivity index (χ4n) is 3.12. The van der Waals surface area contributed by atoms with Crippen molar-refractivity contribution < 1.29 is 0 Å². The van der Waals surface area contributed by atoms with Gasteiger partial charge in [0.1, 0.15) is 0 Å². The topological polar surface area (TPSA) is 15.6 Å². The zero-order valence-corrected chi connectivity index (χ0v) is 14.3. The Kier molecular flexibility index (Phi) is 5.12. The van der Waals surface area contributed by atoms with Crippen LogP contribution in [0, 0.1) is 6.92 Å². The summed E-state index contributed by atoms with van der Waals surface area (Å²) >= 11 is 0. The van der Waals surface area contributed by atoms with Crippen molar-refractivity contribution in [2.45, 2.75) is 46.0 Å². The molecule has 0 saturated carbocycles. The fraction of sp³-hybridized carbons (Fsp3) is 0.381. The summed E-state index contributed by atoms with van der Waals surface area (Å²) in [4.78, 5) is 0. The predicted molar refractivity (Wildman–Crippen MR) is 99.4 cm³/mol. The van der Waals surface area contributed by atoms with Gasteiger partial charge in [0, 0.05) is 6.54 Å². The minimum Gasteiger partial charge on any atom is -0.265 e. The molecular weight excluding hydrogens is 280 g/mol. The first-order chi connectivity index (χ1) is 11.3. The lowest BCUT2D eigenvalue weighted by molar-refractivity contribution is 0.739. The van der Waals surface area contributed by atoms with Crippen LogP contribution in [0.1, 0.15) is 49.3 Å². The van der Waals surface area contributed by atoms with Crippen molar-refractivity contribution in [1.29, 1.82) is 0 Å². The van der Waals surface area contributed by atoms with Crippen LogP contribution in [-0.2, 0) is 6.42 Å². The number of anilines is 1. The van der Waals surface area contributed by atoms with Crippen molar-refractivity contribution in [1.82, 2.24) is 0 Å². The van der Waals surface area contributed by atoms with Gasteiger partial charge in [0.05, 0.1) is 11.4 Å². The zero-order valence-electron chi connectivity index (χ0n) is 14.3. The van der Waals surface area contributed by atoms with Gasteiger partial charge in [-0.3, -0.25) is 5.01 Å². The summed E-state index contributed by atoms with van der Waals surface area (Å²) in [5.74, 6) is 0. The highest BCUT2D eigenvalue weighted by atomic mass is 15.5. The summed E-state index contributed by atoms with van der Waals surface area (Å²) in [7, 11) is 0. The van der Waals surface area contributed by atoms with Crippen LogP contribution >= 0.6 is 0 Å². The second-order valence-electron chi connectivity index (χ2n) is 6.36. The molecule has 1 heterocycles. The molecule has 0 saturated heterocycles. The van der Waals surface area contributed by atoms with Gasteiger partial charge in [0.2, 0.25) is 0 Å². The van der Waals surface area contributed by atoms with Crippen molar-refractivity contribution in [2.24, 2.45) is 5.10 Å². The standard InChI is InChI=1S/C21H26N2/c1-3-4-9-18-12-14-19(15-13-18)20-10-7-16-23(22-20)21-11-6-5-8-17(21)2/h5-6,8,11-15H,3-4,7,9-10,16H2,1-2H3. The highest BCUT2D eigenvalue weighted by Gasteiger charge is 2.16. The van der Waals surface area contributed by atoms with Crippen LogP contribution in [0.2, 0.25) is 0 Å². The van der Waals surface area contributed by atoms with Crippen LogP contribution in [0.15, 0.2) is 53.6 Å². The Labute approximate surface area is 139 Å². The summed E-state index contributed by atoms with van der Waals surface area (Å²) in [5.41, 5.74) is 6.42. The third-order valence-electron chi connectivity index (χ3n) is 4.52. The van der Waals surface area contributed by atoms with Crippen LogP contribution in [0.5, 0.6) is 0 Å². The second kappa shape index (κ2) is 7.45. The molecule has 120 valence electrons. The molecule has 2 aromatic carbocycles. The van der Waals surface area contributed by atoms with Crippen LogP contribution in [-0.4, -0.2) is 12.3 Å². The molecule has 0 aliphatic carbocycles. The molecule has 0 fully saturated rings. The van der Waals surface area contributed by atoms with Crippen molar-refractivity contribution in [3.63, 3.8) is 0 Å². The van der Waals surface area contributed by atoms with Gasteiger partial charge < -0.3 is 0 Å². The van der Waals surface area contributed by atoms with Crippen LogP contribution in [0.3, 0.4) is 0 Å². The molecule has 23 heavy (non-hydrogen) atoms. The average molecular weight is 306 g/mol. The molecule has 2 heteroatoms. The maximum Gasteiger partial charge on any atom is 0.0682 e. The van der Waals surface area contributed by atoms with Gasteiger partial charge in [0.15, 0.2) is 0 Å². The van der Waals surface area contributed by atoms with Gasteiger partial charge in [-0.1, -0.05) is 55.8 Å². The number of unbranched alkanes of at least 4 members (excludes halogenated alkanes) is 1. The second-order valence-corrected chi connectivity index (χ2v) is 6.36. The number of aryl methyl sites for hydroxylation is 2. The molecule has 2 nitrogen and oxygen atoms in total. The van der Waals surface area contributed by atoms with Gasteiger partial charge in [-0.25, -0.2) is 0 Å². The molecule has 2 aromatic rings. The minimum atomic E-state index is 1.00. The third kappa shape index (κ3) is 3.82. The zero-order chi connectivity index (χ0) is 16.1. The largest absolute Gasteiger partial charge is 0.265 e. The first-order valence-electron chi connectivity index (χ1n) is 8.78. The summed E-state index contributed by atoms with van der Waals surface area (Å²) in [6, 6.07) is 17.5. The summed E-state index contributed by atoms with van der Waals surface area (Å²) in [6.07, 6.45) is 5.92. The van der Waals surface area contributed by atoms with Gasteiger partial charge >= 0.3 is 0 Å². The van der Waals surface area contributed by atoms with Crippen LogP contribution in [0.25, 0.3) is 0 Å².